The first-order chi connectivity index (χ1) is 9.40. The van der Waals surface area contributed by atoms with Crippen LogP contribution >= 0.6 is 0 Å². The van der Waals surface area contributed by atoms with Gasteiger partial charge in [-0.15, -0.1) is 0 Å². The average Bonchev–Trinajstić information content (AvgIpc) is 2.97. The Bertz CT molecular complexity index is 336. The zero-order valence-electron chi connectivity index (χ0n) is 11.9. The molecule has 1 aromatic carbocycles. The number of nitrogens with one attached hydrogen (secondary N) is 2. The molecule has 19 heavy (non-hydrogen) atoms. The minimum absolute atomic E-state index is 0.441. The molecule has 2 rings (SSSR count). The van der Waals surface area contributed by atoms with Gasteiger partial charge >= 0.3 is 0 Å². The molecule has 1 aliphatic rings. The van der Waals surface area contributed by atoms with E-state index in [2.05, 4.69) is 47.9 Å². The van der Waals surface area contributed by atoms with Crippen molar-refractivity contribution in [2.45, 2.75) is 38.3 Å². The van der Waals surface area contributed by atoms with Crippen LogP contribution in [0.2, 0.25) is 0 Å². The van der Waals surface area contributed by atoms with Crippen molar-refractivity contribution in [2.24, 2.45) is 0 Å². The van der Waals surface area contributed by atoms with Gasteiger partial charge in [0.2, 0.25) is 0 Å². The van der Waals surface area contributed by atoms with Crippen molar-refractivity contribution in [3.8, 4) is 0 Å². The van der Waals surface area contributed by atoms with E-state index in [-0.39, 0.29) is 0 Å². The first-order valence-corrected chi connectivity index (χ1v) is 7.50. The van der Waals surface area contributed by atoms with Crippen molar-refractivity contribution >= 4 is 0 Å². The second-order valence-electron chi connectivity index (χ2n) is 5.16. The second-order valence-corrected chi connectivity index (χ2v) is 5.16. The smallest absolute Gasteiger partial charge is 0.0700 e. The van der Waals surface area contributed by atoms with Gasteiger partial charge in [0.1, 0.15) is 0 Å². The molecule has 1 aliphatic heterocycles. The lowest BCUT2D eigenvalue weighted by molar-refractivity contribution is 0.110. The van der Waals surface area contributed by atoms with Crippen LogP contribution in [0.1, 0.15) is 37.8 Å². The van der Waals surface area contributed by atoms with Gasteiger partial charge in [-0.1, -0.05) is 37.3 Å². The van der Waals surface area contributed by atoms with Crippen LogP contribution in [0.3, 0.4) is 0 Å². The van der Waals surface area contributed by atoms with Crippen LogP contribution in [-0.2, 0) is 4.74 Å². The van der Waals surface area contributed by atoms with E-state index in [0.717, 1.165) is 32.7 Å². The summed E-state index contributed by atoms with van der Waals surface area (Å²) in [5.74, 6) is 0. The minimum Gasteiger partial charge on any atom is -0.377 e. The Kier molecular flexibility index (Phi) is 6.34. The Labute approximate surface area is 116 Å². The van der Waals surface area contributed by atoms with Crippen molar-refractivity contribution in [3.05, 3.63) is 35.9 Å². The van der Waals surface area contributed by atoms with Gasteiger partial charge in [-0.3, -0.25) is 0 Å². The van der Waals surface area contributed by atoms with Gasteiger partial charge in [-0.2, -0.15) is 0 Å². The predicted octanol–water partition coefficient (Wildman–Crippen LogP) is 2.50. The van der Waals surface area contributed by atoms with Crippen molar-refractivity contribution in [3.63, 3.8) is 0 Å². The van der Waals surface area contributed by atoms with Crippen LogP contribution in [-0.4, -0.2) is 32.3 Å². The predicted molar refractivity (Wildman–Crippen MR) is 79.3 cm³/mol. The van der Waals surface area contributed by atoms with Gasteiger partial charge in [0, 0.05) is 32.3 Å². The number of rotatable bonds is 8. The molecule has 0 amide bonds. The van der Waals surface area contributed by atoms with E-state index < -0.39 is 0 Å². The molecule has 2 atom stereocenters. The number of benzene rings is 1. The Morgan fingerprint density at radius 2 is 2.11 bits per heavy atom. The Morgan fingerprint density at radius 1 is 1.26 bits per heavy atom. The molecular formula is C16H26N2O. The van der Waals surface area contributed by atoms with E-state index in [0.29, 0.717) is 12.1 Å². The summed E-state index contributed by atoms with van der Waals surface area (Å²) in [7, 11) is 0. The topological polar surface area (TPSA) is 33.3 Å². The molecule has 3 nitrogen and oxygen atoms in total. The van der Waals surface area contributed by atoms with E-state index in [9.17, 15) is 0 Å². The Hall–Kier alpha value is -0.900. The Balaban J connectivity index is 1.61. The highest BCUT2D eigenvalue weighted by Gasteiger charge is 2.14. The Morgan fingerprint density at radius 3 is 2.79 bits per heavy atom. The fourth-order valence-corrected chi connectivity index (χ4v) is 2.59. The summed E-state index contributed by atoms with van der Waals surface area (Å²) in [6.07, 6.45) is 3.99. The van der Waals surface area contributed by atoms with E-state index >= 15 is 0 Å². The molecule has 1 aromatic rings. The van der Waals surface area contributed by atoms with Crippen LogP contribution < -0.4 is 10.6 Å². The average molecular weight is 262 g/mol. The van der Waals surface area contributed by atoms with Gasteiger partial charge in [0.25, 0.3) is 0 Å². The molecule has 0 spiro atoms. The van der Waals surface area contributed by atoms with Crippen LogP contribution in [0.15, 0.2) is 30.3 Å². The molecule has 1 heterocycles. The van der Waals surface area contributed by atoms with Crippen molar-refractivity contribution in [1.29, 1.82) is 0 Å². The summed E-state index contributed by atoms with van der Waals surface area (Å²) in [6.45, 7) is 6.16. The third kappa shape index (κ3) is 4.94. The fraction of sp³-hybridized carbons (Fsp3) is 0.625. The van der Waals surface area contributed by atoms with Crippen LogP contribution in [0.25, 0.3) is 0 Å². The van der Waals surface area contributed by atoms with E-state index in [1.165, 1.54) is 18.4 Å². The molecule has 3 heteroatoms. The lowest BCUT2D eigenvalue weighted by Crippen LogP contribution is -2.34. The molecule has 2 N–H and O–H groups in total. The standard InChI is InChI=1S/C16H26N2O/c1-2-16(14-7-4-3-5-8-14)18-11-10-17-13-15-9-6-12-19-15/h3-5,7-8,15-18H,2,6,9-13H2,1H3. The van der Waals surface area contributed by atoms with Gasteiger partial charge in [-0.25, -0.2) is 0 Å². The fourth-order valence-electron chi connectivity index (χ4n) is 2.59. The summed E-state index contributed by atoms with van der Waals surface area (Å²) < 4.78 is 5.59. The molecule has 0 bridgehead atoms. The molecule has 1 fully saturated rings. The van der Waals surface area contributed by atoms with Gasteiger partial charge in [0.05, 0.1) is 6.10 Å². The van der Waals surface area contributed by atoms with E-state index in [1.54, 1.807) is 0 Å². The first kappa shape index (κ1) is 14.5. The third-order valence-electron chi connectivity index (χ3n) is 3.70. The second kappa shape index (κ2) is 8.31. The van der Waals surface area contributed by atoms with Crippen molar-refractivity contribution < 1.29 is 4.74 Å². The maximum absolute atomic E-state index is 5.59. The van der Waals surface area contributed by atoms with Gasteiger partial charge < -0.3 is 15.4 Å². The van der Waals surface area contributed by atoms with E-state index in [1.807, 2.05) is 0 Å². The summed E-state index contributed by atoms with van der Waals surface area (Å²) in [5.41, 5.74) is 1.38. The zero-order valence-corrected chi connectivity index (χ0v) is 11.9. The minimum atomic E-state index is 0.441. The molecular weight excluding hydrogens is 236 g/mol. The molecule has 106 valence electrons. The van der Waals surface area contributed by atoms with Crippen LogP contribution in [0.5, 0.6) is 0 Å². The molecule has 1 saturated heterocycles. The molecule has 0 aliphatic carbocycles. The largest absolute Gasteiger partial charge is 0.377 e. The molecule has 0 aromatic heterocycles. The zero-order chi connectivity index (χ0) is 13.3. The SMILES string of the molecule is CCC(NCCNCC1CCCO1)c1ccccc1. The first-order valence-electron chi connectivity index (χ1n) is 7.50. The van der Waals surface area contributed by atoms with Gasteiger partial charge in [-0.05, 0) is 24.8 Å². The summed E-state index contributed by atoms with van der Waals surface area (Å²) in [5, 5.41) is 7.08. The summed E-state index contributed by atoms with van der Waals surface area (Å²) >= 11 is 0. The molecule has 2 unspecified atom stereocenters. The quantitative estimate of drug-likeness (QED) is 0.706. The van der Waals surface area contributed by atoms with Crippen LogP contribution in [0.4, 0.5) is 0 Å². The maximum atomic E-state index is 5.59. The van der Waals surface area contributed by atoms with Crippen molar-refractivity contribution in [2.75, 3.05) is 26.2 Å². The maximum Gasteiger partial charge on any atom is 0.0700 e. The molecule has 0 radical (unpaired) electrons. The van der Waals surface area contributed by atoms with Crippen molar-refractivity contribution in [1.82, 2.24) is 10.6 Å². The summed E-state index contributed by atoms with van der Waals surface area (Å²) in [4.78, 5) is 0. The van der Waals surface area contributed by atoms with E-state index in [4.69, 9.17) is 4.74 Å². The normalized spacial score (nSPS) is 20.6. The number of ether oxygens (including phenoxy) is 1. The highest BCUT2D eigenvalue weighted by Crippen LogP contribution is 2.15. The molecule has 0 saturated carbocycles. The highest BCUT2D eigenvalue weighted by atomic mass is 16.5. The monoisotopic (exact) mass is 262 g/mol. The number of hydrogen-bond donors (Lipinski definition) is 2. The highest BCUT2D eigenvalue weighted by molar-refractivity contribution is 5.18. The third-order valence-corrected chi connectivity index (χ3v) is 3.70. The van der Waals surface area contributed by atoms with Crippen LogP contribution in [0, 0.1) is 0 Å². The lowest BCUT2D eigenvalue weighted by Gasteiger charge is -2.18. The lowest BCUT2D eigenvalue weighted by atomic mass is 10.0. The number of hydrogen-bond acceptors (Lipinski definition) is 3. The van der Waals surface area contributed by atoms with Gasteiger partial charge in [0.15, 0.2) is 0 Å². The summed E-state index contributed by atoms with van der Waals surface area (Å²) in [6, 6.07) is 11.1.